The van der Waals surface area contributed by atoms with Gasteiger partial charge in [0.05, 0.1) is 0 Å². The van der Waals surface area contributed by atoms with Crippen LogP contribution in [-0.2, 0) is 0 Å². The highest BCUT2D eigenvalue weighted by Gasteiger charge is 2.18. The Balaban J connectivity index is 1.96. The minimum atomic E-state index is 0.560. The summed E-state index contributed by atoms with van der Waals surface area (Å²) < 4.78 is 0. The average molecular weight is 231 g/mol. The molecule has 1 unspecified atom stereocenters. The highest BCUT2D eigenvalue weighted by molar-refractivity contribution is 5.19. The zero-order chi connectivity index (χ0) is 11.9. The van der Waals surface area contributed by atoms with Gasteiger partial charge in [-0.05, 0) is 24.8 Å². The molecule has 2 rings (SSSR count). The summed E-state index contributed by atoms with van der Waals surface area (Å²) in [6.07, 6.45) is 9.48. The monoisotopic (exact) mass is 231 g/mol. The Hall–Kier alpha value is -0.820. The fraction of sp³-hybridized carbons (Fsp3) is 0.625. The van der Waals surface area contributed by atoms with E-state index in [0.29, 0.717) is 6.04 Å². The highest BCUT2D eigenvalue weighted by Crippen LogP contribution is 2.24. The Bertz CT molecular complexity index is 301. The molecular formula is C16H25N. The molecule has 1 aromatic rings. The van der Waals surface area contributed by atoms with Gasteiger partial charge in [-0.2, -0.15) is 0 Å². The van der Waals surface area contributed by atoms with Crippen LogP contribution >= 0.6 is 0 Å². The van der Waals surface area contributed by atoms with Gasteiger partial charge in [-0.1, -0.05) is 62.9 Å². The van der Waals surface area contributed by atoms with Gasteiger partial charge < -0.3 is 5.32 Å². The van der Waals surface area contributed by atoms with Crippen LogP contribution in [0.5, 0.6) is 0 Å². The molecule has 1 heteroatoms. The number of hydrogen-bond acceptors (Lipinski definition) is 1. The molecule has 0 aromatic heterocycles. The molecule has 0 bridgehead atoms. The molecule has 0 aliphatic heterocycles. The van der Waals surface area contributed by atoms with Crippen molar-refractivity contribution in [3.8, 4) is 0 Å². The van der Waals surface area contributed by atoms with Gasteiger partial charge in [0.25, 0.3) is 0 Å². The predicted molar refractivity (Wildman–Crippen MR) is 74.1 cm³/mol. The molecule has 0 heterocycles. The first-order valence-corrected chi connectivity index (χ1v) is 7.21. The standard InChI is InChI=1S/C16H25N/c1-2-9-16(14-10-5-3-6-11-14)17-15-12-7-4-8-13-15/h3,5-6,10-11,15-17H,2,4,7-9,12-13H2,1H3. The van der Waals surface area contributed by atoms with Crippen LogP contribution in [0.1, 0.15) is 63.5 Å². The van der Waals surface area contributed by atoms with Crippen LogP contribution in [0.25, 0.3) is 0 Å². The molecule has 94 valence electrons. The Morgan fingerprint density at radius 1 is 1.12 bits per heavy atom. The number of benzene rings is 1. The van der Waals surface area contributed by atoms with Crippen LogP contribution < -0.4 is 5.32 Å². The lowest BCUT2D eigenvalue weighted by atomic mass is 9.93. The van der Waals surface area contributed by atoms with Gasteiger partial charge in [0, 0.05) is 12.1 Å². The summed E-state index contributed by atoms with van der Waals surface area (Å²) in [5.41, 5.74) is 1.46. The quantitative estimate of drug-likeness (QED) is 0.789. The van der Waals surface area contributed by atoms with Crippen LogP contribution in [0, 0.1) is 0 Å². The molecule has 1 N–H and O–H groups in total. The van der Waals surface area contributed by atoms with E-state index in [0.717, 1.165) is 6.04 Å². The number of hydrogen-bond donors (Lipinski definition) is 1. The number of nitrogens with one attached hydrogen (secondary N) is 1. The first kappa shape index (κ1) is 12.6. The van der Waals surface area contributed by atoms with E-state index in [-0.39, 0.29) is 0 Å². The largest absolute Gasteiger partial charge is 0.307 e. The van der Waals surface area contributed by atoms with E-state index in [1.54, 1.807) is 0 Å². The summed E-state index contributed by atoms with van der Waals surface area (Å²) in [5.74, 6) is 0. The molecule has 0 amide bonds. The first-order valence-electron chi connectivity index (χ1n) is 7.21. The SMILES string of the molecule is CCCC(NC1CCCCC1)c1ccccc1. The first-order chi connectivity index (χ1) is 8.40. The average Bonchev–Trinajstić information content (AvgIpc) is 2.40. The Morgan fingerprint density at radius 3 is 2.47 bits per heavy atom. The molecule has 0 radical (unpaired) electrons. The van der Waals surface area contributed by atoms with Crippen molar-refractivity contribution in [3.63, 3.8) is 0 Å². The zero-order valence-electron chi connectivity index (χ0n) is 11.0. The maximum absolute atomic E-state index is 3.87. The van der Waals surface area contributed by atoms with Crippen molar-refractivity contribution in [2.75, 3.05) is 0 Å². The van der Waals surface area contributed by atoms with Crippen molar-refractivity contribution in [1.82, 2.24) is 5.32 Å². The van der Waals surface area contributed by atoms with E-state index in [1.165, 1.54) is 50.5 Å². The molecule has 0 saturated heterocycles. The van der Waals surface area contributed by atoms with Gasteiger partial charge in [0.2, 0.25) is 0 Å². The Labute approximate surface area is 106 Å². The maximum Gasteiger partial charge on any atom is 0.0322 e. The van der Waals surface area contributed by atoms with Crippen molar-refractivity contribution in [3.05, 3.63) is 35.9 Å². The van der Waals surface area contributed by atoms with E-state index in [2.05, 4.69) is 42.6 Å². The fourth-order valence-corrected chi connectivity index (χ4v) is 2.87. The molecule has 0 spiro atoms. The summed E-state index contributed by atoms with van der Waals surface area (Å²) >= 11 is 0. The summed E-state index contributed by atoms with van der Waals surface area (Å²) in [5, 5.41) is 3.87. The molecule has 1 atom stereocenters. The number of rotatable bonds is 5. The van der Waals surface area contributed by atoms with Crippen molar-refractivity contribution in [2.45, 2.75) is 64.0 Å². The zero-order valence-corrected chi connectivity index (χ0v) is 11.0. The second-order valence-corrected chi connectivity index (χ2v) is 5.25. The van der Waals surface area contributed by atoms with Gasteiger partial charge >= 0.3 is 0 Å². The normalized spacial score (nSPS) is 19.1. The van der Waals surface area contributed by atoms with Gasteiger partial charge in [0.15, 0.2) is 0 Å². The summed E-state index contributed by atoms with van der Waals surface area (Å²) in [7, 11) is 0. The van der Waals surface area contributed by atoms with Gasteiger partial charge in [0.1, 0.15) is 0 Å². The molecular weight excluding hydrogens is 206 g/mol. The lowest BCUT2D eigenvalue weighted by molar-refractivity contribution is 0.329. The maximum atomic E-state index is 3.87. The fourth-order valence-electron chi connectivity index (χ4n) is 2.87. The van der Waals surface area contributed by atoms with E-state index < -0.39 is 0 Å². The van der Waals surface area contributed by atoms with Crippen LogP contribution in [-0.4, -0.2) is 6.04 Å². The molecule has 1 aliphatic rings. The summed E-state index contributed by atoms with van der Waals surface area (Å²) in [6.45, 7) is 2.28. The van der Waals surface area contributed by atoms with Crippen molar-refractivity contribution in [1.29, 1.82) is 0 Å². The lowest BCUT2D eigenvalue weighted by Gasteiger charge is -2.28. The molecule has 1 nitrogen and oxygen atoms in total. The summed E-state index contributed by atoms with van der Waals surface area (Å²) in [4.78, 5) is 0. The van der Waals surface area contributed by atoms with E-state index in [9.17, 15) is 0 Å². The molecule has 1 aromatic carbocycles. The van der Waals surface area contributed by atoms with Crippen LogP contribution in [0.3, 0.4) is 0 Å². The van der Waals surface area contributed by atoms with E-state index in [1.807, 2.05) is 0 Å². The lowest BCUT2D eigenvalue weighted by Crippen LogP contribution is -2.34. The highest BCUT2D eigenvalue weighted by atomic mass is 14.9. The minimum Gasteiger partial charge on any atom is -0.307 e. The smallest absolute Gasteiger partial charge is 0.0322 e. The second kappa shape index (κ2) is 6.80. The summed E-state index contributed by atoms with van der Waals surface area (Å²) in [6, 6.07) is 12.2. The van der Waals surface area contributed by atoms with Crippen molar-refractivity contribution in [2.24, 2.45) is 0 Å². The molecule has 1 fully saturated rings. The van der Waals surface area contributed by atoms with Crippen LogP contribution in [0.2, 0.25) is 0 Å². The van der Waals surface area contributed by atoms with Gasteiger partial charge in [-0.15, -0.1) is 0 Å². The molecule has 17 heavy (non-hydrogen) atoms. The second-order valence-electron chi connectivity index (χ2n) is 5.25. The third-order valence-corrected chi connectivity index (χ3v) is 3.82. The topological polar surface area (TPSA) is 12.0 Å². The third-order valence-electron chi connectivity index (χ3n) is 3.82. The predicted octanol–water partition coefficient (Wildman–Crippen LogP) is 4.45. The van der Waals surface area contributed by atoms with Crippen molar-refractivity contribution >= 4 is 0 Å². The molecule has 1 aliphatic carbocycles. The van der Waals surface area contributed by atoms with Crippen LogP contribution in [0.15, 0.2) is 30.3 Å². The Morgan fingerprint density at radius 2 is 1.82 bits per heavy atom. The van der Waals surface area contributed by atoms with Gasteiger partial charge in [-0.25, -0.2) is 0 Å². The van der Waals surface area contributed by atoms with E-state index >= 15 is 0 Å². The third kappa shape index (κ3) is 3.85. The minimum absolute atomic E-state index is 0.560. The van der Waals surface area contributed by atoms with Crippen LogP contribution in [0.4, 0.5) is 0 Å². The Kier molecular flexibility index (Phi) is 5.06. The molecule has 1 saturated carbocycles. The van der Waals surface area contributed by atoms with E-state index in [4.69, 9.17) is 0 Å². The van der Waals surface area contributed by atoms with Crippen molar-refractivity contribution < 1.29 is 0 Å². The van der Waals surface area contributed by atoms with Gasteiger partial charge in [-0.3, -0.25) is 0 Å².